The van der Waals surface area contributed by atoms with E-state index >= 15 is 0 Å². The molecule has 1 fully saturated rings. The molecule has 0 radical (unpaired) electrons. The minimum atomic E-state index is -0.327. The highest BCUT2D eigenvalue weighted by atomic mass is 16.5. The molecule has 1 aliphatic heterocycles. The number of nitrogens with zero attached hydrogens (tertiary/aromatic N) is 1. The summed E-state index contributed by atoms with van der Waals surface area (Å²) in [6.07, 6.45) is 0.227. The van der Waals surface area contributed by atoms with Gasteiger partial charge in [-0.25, -0.2) is 4.79 Å². The van der Waals surface area contributed by atoms with Crippen molar-refractivity contribution in [2.75, 3.05) is 26.8 Å². The largest absolute Gasteiger partial charge is 0.497 e. The van der Waals surface area contributed by atoms with E-state index in [1.54, 1.807) is 19.2 Å². The molecule has 21 heavy (non-hydrogen) atoms. The number of fused-ring (bicyclic) bond motifs is 1. The maximum absolute atomic E-state index is 11.8. The van der Waals surface area contributed by atoms with Gasteiger partial charge in [0, 0.05) is 37.2 Å². The fourth-order valence-corrected chi connectivity index (χ4v) is 2.74. The highest BCUT2D eigenvalue weighted by Crippen LogP contribution is 2.23. The minimum Gasteiger partial charge on any atom is -0.497 e. The van der Waals surface area contributed by atoms with Crippen LogP contribution in [0.2, 0.25) is 0 Å². The predicted molar refractivity (Wildman–Crippen MR) is 79.7 cm³/mol. The van der Waals surface area contributed by atoms with Crippen LogP contribution in [0.4, 0.5) is 0 Å². The van der Waals surface area contributed by atoms with E-state index in [1.807, 2.05) is 12.1 Å². The van der Waals surface area contributed by atoms with Crippen molar-refractivity contribution in [3.63, 3.8) is 0 Å². The fourth-order valence-electron chi connectivity index (χ4n) is 2.74. The van der Waals surface area contributed by atoms with Crippen LogP contribution in [-0.4, -0.2) is 37.8 Å². The van der Waals surface area contributed by atoms with Crippen molar-refractivity contribution in [1.29, 1.82) is 0 Å². The summed E-state index contributed by atoms with van der Waals surface area (Å²) in [4.78, 5) is 14.1. The molecule has 0 saturated carbocycles. The highest BCUT2D eigenvalue weighted by molar-refractivity contribution is 5.81. The Labute approximate surface area is 123 Å². The Morgan fingerprint density at radius 2 is 2.24 bits per heavy atom. The highest BCUT2D eigenvalue weighted by Gasteiger charge is 2.18. The van der Waals surface area contributed by atoms with Crippen LogP contribution >= 0.6 is 0 Å². The number of hydrogen-bond acceptors (Lipinski definition) is 5. The fraction of sp³-hybridized carbons (Fsp3) is 0.438. The van der Waals surface area contributed by atoms with E-state index in [9.17, 15) is 4.79 Å². The third kappa shape index (κ3) is 3.09. The van der Waals surface area contributed by atoms with Crippen molar-refractivity contribution in [2.45, 2.75) is 19.6 Å². The van der Waals surface area contributed by atoms with Crippen LogP contribution in [0.25, 0.3) is 11.0 Å². The molecule has 0 amide bonds. The number of methoxy groups -OCH3 is 1. The van der Waals surface area contributed by atoms with Gasteiger partial charge in [0.05, 0.1) is 19.8 Å². The minimum absolute atomic E-state index is 0.227. The van der Waals surface area contributed by atoms with Crippen molar-refractivity contribution >= 4 is 11.0 Å². The van der Waals surface area contributed by atoms with Gasteiger partial charge in [-0.1, -0.05) is 0 Å². The van der Waals surface area contributed by atoms with Crippen molar-refractivity contribution in [1.82, 2.24) is 4.90 Å². The molecule has 2 heterocycles. The zero-order chi connectivity index (χ0) is 14.8. The SMILES string of the molecule is COc1ccc2c(CN3CCO[C@@H](C)C3)cc(=O)oc2c1. The number of benzene rings is 1. The lowest BCUT2D eigenvalue weighted by Gasteiger charge is -2.31. The Hall–Kier alpha value is -1.85. The predicted octanol–water partition coefficient (Wildman–Crippen LogP) is 2.02. The maximum atomic E-state index is 11.8. The molecule has 1 saturated heterocycles. The van der Waals surface area contributed by atoms with Crippen LogP contribution in [0.1, 0.15) is 12.5 Å². The lowest BCUT2D eigenvalue weighted by Crippen LogP contribution is -2.40. The molecule has 0 aliphatic carbocycles. The van der Waals surface area contributed by atoms with Crippen LogP contribution in [0, 0.1) is 0 Å². The van der Waals surface area contributed by atoms with Gasteiger partial charge < -0.3 is 13.9 Å². The molecule has 1 aromatic carbocycles. The quantitative estimate of drug-likeness (QED) is 0.809. The van der Waals surface area contributed by atoms with Crippen LogP contribution in [-0.2, 0) is 11.3 Å². The van der Waals surface area contributed by atoms with Gasteiger partial charge in [-0.3, -0.25) is 4.90 Å². The zero-order valence-corrected chi connectivity index (χ0v) is 12.3. The van der Waals surface area contributed by atoms with E-state index in [2.05, 4.69) is 11.8 Å². The summed E-state index contributed by atoms with van der Waals surface area (Å²) >= 11 is 0. The standard InChI is InChI=1S/C16H19NO4/c1-11-9-17(5-6-20-11)10-12-7-16(18)21-15-8-13(19-2)3-4-14(12)15/h3-4,7-8,11H,5-6,9-10H2,1-2H3/t11-/m0/s1. The normalized spacial score (nSPS) is 19.8. The molecule has 5 heteroatoms. The molecule has 3 rings (SSSR count). The molecule has 1 atom stereocenters. The summed E-state index contributed by atoms with van der Waals surface area (Å²) in [5, 5.41) is 0.953. The van der Waals surface area contributed by atoms with Gasteiger partial charge in [0.15, 0.2) is 0 Å². The molecule has 5 nitrogen and oxygen atoms in total. The molecular formula is C16H19NO4. The van der Waals surface area contributed by atoms with Gasteiger partial charge >= 0.3 is 5.63 Å². The second kappa shape index (κ2) is 5.87. The average Bonchev–Trinajstić information content (AvgIpc) is 2.46. The number of rotatable bonds is 3. The van der Waals surface area contributed by atoms with Crippen LogP contribution < -0.4 is 10.4 Å². The van der Waals surface area contributed by atoms with Crippen molar-refractivity contribution in [2.24, 2.45) is 0 Å². The zero-order valence-electron chi connectivity index (χ0n) is 12.3. The summed E-state index contributed by atoms with van der Waals surface area (Å²) in [5.41, 5.74) is 1.23. The Bertz CT molecular complexity index is 694. The van der Waals surface area contributed by atoms with Gasteiger partial charge in [0.25, 0.3) is 0 Å². The lowest BCUT2D eigenvalue weighted by molar-refractivity contribution is -0.0211. The summed E-state index contributed by atoms with van der Waals surface area (Å²) in [7, 11) is 1.60. The van der Waals surface area contributed by atoms with Crippen LogP contribution in [0.3, 0.4) is 0 Å². The topological polar surface area (TPSA) is 51.9 Å². The molecule has 2 aromatic rings. The molecule has 0 bridgehead atoms. The van der Waals surface area contributed by atoms with Gasteiger partial charge in [0.1, 0.15) is 11.3 Å². The molecule has 1 aromatic heterocycles. The Morgan fingerprint density at radius 1 is 1.38 bits per heavy atom. The van der Waals surface area contributed by atoms with Gasteiger partial charge in [-0.15, -0.1) is 0 Å². The van der Waals surface area contributed by atoms with Gasteiger partial charge in [-0.2, -0.15) is 0 Å². The van der Waals surface area contributed by atoms with E-state index in [4.69, 9.17) is 13.9 Å². The van der Waals surface area contributed by atoms with Crippen LogP contribution in [0.15, 0.2) is 33.5 Å². The first-order valence-corrected chi connectivity index (χ1v) is 7.10. The summed E-state index contributed by atoms with van der Waals surface area (Å²) in [6.45, 7) is 5.27. The van der Waals surface area contributed by atoms with E-state index in [-0.39, 0.29) is 11.7 Å². The molecule has 112 valence electrons. The number of ether oxygens (including phenoxy) is 2. The van der Waals surface area contributed by atoms with Gasteiger partial charge in [-0.05, 0) is 24.6 Å². The third-order valence-corrected chi connectivity index (χ3v) is 3.76. The van der Waals surface area contributed by atoms with E-state index < -0.39 is 0 Å². The molecule has 0 spiro atoms. The van der Waals surface area contributed by atoms with Gasteiger partial charge in [0.2, 0.25) is 0 Å². The molecule has 0 unspecified atom stereocenters. The van der Waals surface area contributed by atoms with Crippen molar-refractivity contribution < 1.29 is 13.9 Å². The average molecular weight is 289 g/mol. The summed E-state index contributed by atoms with van der Waals surface area (Å²) in [6, 6.07) is 7.15. The second-order valence-corrected chi connectivity index (χ2v) is 5.37. The number of hydrogen-bond donors (Lipinski definition) is 0. The first-order valence-electron chi connectivity index (χ1n) is 7.10. The first kappa shape index (κ1) is 14.1. The van der Waals surface area contributed by atoms with E-state index in [0.29, 0.717) is 11.3 Å². The Kier molecular flexibility index (Phi) is 3.94. The smallest absolute Gasteiger partial charge is 0.336 e. The van der Waals surface area contributed by atoms with Crippen molar-refractivity contribution in [3.05, 3.63) is 40.2 Å². The summed E-state index contributed by atoms with van der Waals surface area (Å²) < 4.78 is 16.0. The number of morpholine rings is 1. The first-order chi connectivity index (χ1) is 10.2. The molecule has 1 aliphatic rings. The summed E-state index contributed by atoms with van der Waals surface area (Å²) in [5.74, 6) is 0.683. The lowest BCUT2D eigenvalue weighted by atomic mass is 10.1. The monoisotopic (exact) mass is 289 g/mol. The molecule has 0 N–H and O–H groups in total. The second-order valence-electron chi connectivity index (χ2n) is 5.37. The van der Waals surface area contributed by atoms with Crippen LogP contribution in [0.5, 0.6) is 5.75 Å². The molecular weight excluding hydrogens is 270 g/mol. The van der Waals surface area contributed by atoms with Crippen molar-refractivity contribution in [3.8, 4) is 5.75 Å². The van der Waals surface area contributed by atoms with E-state index in [0.717, 1.165) is 37.2 Å². The van der Waals surface area contributed by atoms with E-state index in [1.165, 1.54) is 0 Å². The Morgan fingerprint density at radius 3 is 3.00 bits per heavy atom. The maximum Gasteiger partial charge on any atom is 0.336 e. The Balaban J connectivity index is 1.95. The third-order valence-electron chi connectivity index (χ3n) is 3.76.